The number of nitrogens with one attached hydrogen (secondary N) is 2. The van der Waals surface area contributed by atoms with Crippen LogP contribution in [0.5, 0.6) is 5.75 Å². The molecular weight excluding hydrogens is 323 g/mol. The van der Waals surface area contributed by atoms with Crippen molar-refractivity contribution >= 4 is 41.5 Å². The van der Waals surface area contributed by atoms with Gasteiger partial charge in [-0.05, 0) is 31.7 Å². The molecule has 0 saturated carbocycles. The summed E-state index contributed by atoms with van der Waals surface area (Å²) in [4.78, 5) is 11.8. The molecule has 0 radical (unpaired) electrons. The van der Waals surface area contributed by atoms with Gasteiger partial charge in [0.25, 0.3) is 5.91 Å². The summed E-state index contributed by atoms with van der Waals surface area (Å²) in [5, 5.41) is 6.81. The molecule has 0 aliphatic heterocycles. The van der Waals surface area contributed by atoms with Crippen LogP contribution in [-0.4, -0.2) is 31.6 Å². The first-order chi connectivity index (χ1) is 9.04. The van der Waals surface area contributed by atoms with Crippen LogP contribution < -0.4 is 15.4 Å². The first kappa shape index (κ1) is 19.3. The highest BCUT2D eigenvalue weighted by molar-refractivity contribution is 6.35. The molecule has 0 aromatic heterocycles. The zero-order valence-corrected chi connectivity index (χ0v) is 13.7. The van der Waals surface area contributed by atoms with E-state index in [1.165, 1.54) is 0 Å². The van der Waals surface area contributed by atoms with E-state index in [0.717, 1.165) is 13.1 Å². The van der Waals surface area contributed by atoms with Crippen molar-refractivity contribution in [3.05, 3.63) is 28.2 Å². The predicted molar refractivity (Wildman–Crippen MR) is 85.4 cm³/mol. The van der Waals surface area contributed by atoms with Gasteiger partial charge in [0.15, 0.2) is 6.10 Å². The van der Waals surface area contributed by atoms with E-state index in [9.17, 15) is 4.79 Å². The van der Waals surface area contributed by atoms with Gasteiger partial charge >= 0.3 is 0 Å². The maximum absolute atomic E-state index is 11.8. The van der Waals surface area contributed by atoms with Crippen LogP contribution in [0.2, 0.25) is 10.0 Å². The van der Waals surface area contributed by atoms with Crippen LogP contribution in [-0.2, 0) is 4.79 Å². The first-order valence-electron chi connectivity index (χ1n) is 6.14. The Hall–Kier alpha value is -0.680. The van der Waals surface area contributed by atoms with Crippen molar-refractivity contribution in [1.82, 2.24) is 10.6 Å². The highest BCUT2D eigenvalue weighted by Gasteiger charge is 2.15. The van der Waals surface area contributed by atoms with Crippen LogP contribution >= 0.6 is 35.6 Å². The Morgan fingerprint density at radius 1 is 1.35 bits per heavy atom. The molecule has 1 amide bonds. The van der Waals surface area contributed by atoms with Crippen LogP contribution in [0.4, 0.5) is 0 Å². The molecule has 0 heterocycles. The fraction of sp³-hybridized carbons (Fsp3) is 0.462. The molecule has 2 N–H and O–H groups in total. The molecule has 0 fully saturated rings. The van der Waals surface area contributed by atoms with Crippen molar-refractivity contribution in [2.45, 2.75) is 20.0 Å². The number of ether oxygens (including phenoxy) is 1. The lowest BCUT2D eigenvalue weighted by Crippen LogP contribution is -2.39. The van der Waals surface area contributed by atoms with E-state index < -0.39 is 6.10 Å². The SMILES string of the molecule is CCNCCNC(=O)C(C)Oc1ccc(Cl)cc1Cl.Cl. The first-order valence-corrected chi connectivity index (χ1v) is 6.90. The van der Waals surface area contributed by atoms with Gasteiger partial charge in [-0.1, -0.05) is 30.1 Å². The average molecular weight is 342 g/mol. The number of amides is 1. The van der Waals surface area contributed by atoms with Gasteiger partial charge in [0.05, 0.1) is 5.02 Å². The van der Waals surface area contributed by atoms with E-state index in [2.05, 4.69) is 10.6 Å². The van der Waals surface area contributed by atoms with Crippen LogP contribution in [0.25, 0.3) is 0 Å². The molecule has 1 aromatic carbocycles. The molecule has 7 heteroatoms. The second-order valence-corrected chi connectivity index (χ2v) is 4.82. The molecular formula is C13H19Cl3N2O2. The Morgan fingerprint density at radius 3 is 2.65 bits per heavy atom. The van der Waals surface area contributed by atoms with Gasteiger partial charge in [0.1, 0.15) is 5.75 Å². The second kappa shape index (κ2) is 10.1. The maximum atomic E-state index is 11.8. The number of halogens is 3. The molecule has 1 atom stereocenters. The average Bonchev–Trinajstić information content (AvgIpc) is 2.37. The van der Waals surface area contributed by atoms with E-state index in [1.807, 2.05) is 6.92 Å². The zero-order valence-electron chi connectivity index (χ0n) is 11.4. The van der Waals surface area contributed by atoms with Crippen molar-refractivity contribution in [3.8, 4) is 5.75 Å². The molecule has 1 aromatic rings. The highest BCUT2D eigenvalue weighted by Crippen LogP contribution is 2.28. The number of hydrogen-bond acceptors (Lipinski definition) is 3. The molecule has 1 rings (SSSR count). The Kier molecular flexibility index (Phi) is 9.76. The molecule has 0 aliphatic carbocycles. The molecule has 4 nitrogen and oxygen atoms in total. The lowest BCUT2D eigenvalue weighted by Gasteiger charge is -2.15. The number of hydrogen-bond donors (Lipinski definition) is 2. The summed E-state index contributed by atoms with van der Waals surface area (Å²) < 4.78 is 5.50. The largest absolute Gasteiger partial charge is 0.479 e. The molecule has 0 spiro atoms. The van der Waals surface area contributed by atoms with Crippen molar-refractivity contribution in [1.29, 1.82) is 0 Å². The topological polar surface area (TPSA) is 50.4 Å². The number of carbonyl (C=O) groups excluding carboxylic acids is 1. The fourth-order valence-electron chi connectivity index (χ4n) is 1.41. The highest BCUT2D eigenvalue weighted by atomic mass is 35.5. The number of likely N-dealkylation sites (N-methyl/N-ethyl adjacent to an activating group) is 1. The molecule has 0 saturated heterocycles. The predicted octanol–water partition coefficient (Wildman–Crippen LogP) is 2.91. The normalized spacial score (nSPS) is 11.4. The molecule has 20 heavy (non-hydrogen) atoms. The summed E-state index contributed by atoms with van der Waals surface area (Å²) in [5.74, 6) is 0.268. The van der Waals surface area contributed by atoms with E-state index in [4.69, 9.17) is 27.9 Å². The Morgan fingerprint density at radius 2 is 2.05 bits per heavy atom. The van der Waals surface area contributed by atoms with Gasteiger partial charge in [-0.15, -0.1) is 12.4 Å². The lowest BCUT2D eigenvalue weighted by molar-refractivity contribution is -0.127. The molecule has 0 aliphatic rings. The Bertz CT molecular complexity index is 430. The summed E-state index contributed by atoms with van der Waals surface area (Å²) >= 11 is 11.8. The van der Waals surface area contributed by atoms with Gasteiger partial charge < -0.3 is 15.4 Å². The summed E-state index contributed by atoms with van der Waals surface area (Å²) in [6.07, 6.45) is -0.611. The number of benzene rings is 1. The zero-order chi connectivity index (χ0) is 14.3. The third-order valence-electron chi connectivity index (χ3n) is 2.42. The minimum absolute atomic E-state index is 0. The van der Waals surface area contributed by atoms with Gasteiger partial charge in [-0.3, -0.25) is 4.79 Å². The smallest absolute Gasteiger partial charge is 0.260 e. The molecule has 1 unspecified atom stereocenters. The Balaban J connectivity index is 0.00000361. The van der Waals surface area contributed by atoms with Crippen molar-refractivity contribution < 1.29 is 9.53 Å². The molecule has 114 valence electrons. The van der Waals surface area contributed by atoms with E-state index in [-0.39, 0.29) is 18.3 Å². The summed E-state index contributed by atoms with van der Waals surface area (Å²) in [5.41, 5.74) is 0. The van der Waals surface area contributed by atoms with Crippen molar-refractivity contribution in [2.24, 2.45) is 0 Å². The third kappa shape index (κ3) is 6.66. The van der Waals surface area contributed by atoms with Crippen LogP contribution in [0.3, 0.4) is 0 Å². The number of rotatable bonds is 7. The quantitative estimate of drug-likeness (QED) is 0.750. The third-order valence-corrected chi connectivity index (χ3v) is 2.95. The fourth-order valence-corrected chi connectivity index (χ4v) is 1.86. The van der Waals surface area contributed by atoms with E-state index >= 15 is 0 Å². The van der Waals surface area contributed by atoms with Crippen molar-refractivity contribution in [3.63, 3.8) is 0 Å². The van der Waals surface area contributed by atoms with Gasteiger partial charge in [0.2, 0.25) is 0 Å². The van der Waals surface area contributed by atoms with E-state index in [0.29, 0.717) is 22.3 Å². The Labute approximate surface area is 135 Å². The van der Waals surface area contributed by atoms with Gasteiger partial charge in [-0.25, -0.2) is 0 Å². The van der Waals surface area contributed by atoms with Crippen LogP contribution in [0.1, 0.15) is 13.8 Å². The summed E-state index contributed by atoms with van der Waals surface area (Å²) in [6, 6.07) is 4.89. The van der Waals surface area contributed by atoms with Crippen LogP contribution in [0.15, 0.2) is 18.2 Å². The standard InChI is InChI=1S/C13H18Cl2N2O2.ClH/c1-3-16-6-7-17-13(18)9(2)19-12-5-4-10(14)8-11(12)15;/h4-5,8-9,16H,3,6-7H2,1-2H3,(H,17,18);1H. The number of carbonyl (C=O) groups is 1. The monoisotopic (exact) mass is 340 g/mol. The maximum Gasteiger partial charge on any atom is 0.260 e. The lowest BCUT2D eigenvalue weighted by atomic mass is 10.3. The van der Waals surface area contributed by atoms with E-state index in [1.54, 1.807) is 25.1 Å². The van der Waals surface area contributed by atoms with Gasteiger partial charge in [-0.2, -0.15) is 0 Å². The van der Waals surface area contributed by atoms with Gasteiger partial charge in [0, 0.05) is 18.1 Å². The summed E-state index contributed by atoms with van der Waals surface area (Å²) in [6.45, 7) is 5.86. The minimum atomic E-state index is -0.611. The second-order valence-electron chi connectivity index (χ2n) is 3.98. The molecule has 0 bridgehead atoms. The minimum Gasteiger partial charge on any atom is -0.479 e. The van der Waals surface area contributed by atoms with Crippen molar-refractivity contribution in [2.75, 3.05) is 19.6 Å². The van der Waals surface area contributed by atoms with Crippen LogP contribution in [0, 0.1) is 0 Å². The summed E-state index contributed by atoms with van der Waals surface area (Å²) in [7, 11) is 0.